The van der Waals surface area contributed by atoms with Crippen molar-refractivity contribution in [2.45, 2.75) is 13.3 Å². The summed E-state index contributed by atoms with van der Waals surface area (Å²) in [5.41, 5.74) is 0. The summed E-state index contributed by atoms with van der Waals surface area (Å²) in [7, 11) is 3.81. The Labute approximate surface area is 101 Å². The maximum atomic E-state index is 11.4. The van der Waals surface area contributed by atoms with Crippen LogP contribution in [0.2, 0.25) is 0 Å². The smallest absolute Gasteiger partial charge is 0.239 e. The zero-order chi connectivity index (χ0) is 12.7. The number of aromatic nitrogens is 2. The van der Waals surface area contributed by atoms with E-state index in [4.69, 9.17) is 0 Å². The van der Waals surface area contributed by atoms with Crippen LogP contribution in [0, 0.1) is 0 Å². The lowest BCUT2D eigenvalue weighted by molar-refractivity contribution is -0.119. The Bertz CT molecular complexity index is 367. The van der Waals surface area contributed by atoms with Crippen molar-refractivity contribution in [2.24, 2.45) is 0 Å². The van der Waals surface area contributed by atoms with Gasteiger partial charge in [-0.05, 0) is 12.5 Å². The van der Waals surface area contributed by atoms with E-state index in [0.717, 1.165) is 12.2 Å². The lowest BCUT2D eigenvalue weighted by Gasteiger charge is -2.12. The summed E-state index contributed by atoms with van der Waals surface area (Å²) in [5, 5.41) is 5.66. The van der Waals surface area contributed by atoms with Crippen molar-refractivity contribution in [1.82, 2.24) is 15.3 Å². The van der Waals surface area contributed by atoms with Gasteiger partial charge in [0.2, 0.25) is 11.9 Å². The van der Waals surface area contributed by atoms with E-state index in [-0.39, 0.29) is 12.5 Å². The number of hydrogen-bond donors (Lipinski definition) is 2. The highest BCUT2D eigenvalue weighted by molar-refractivity contribution is 5.80. The third-order valence-corrected chi connectivity index (χ3v) is 2.08. The van der Waals surface area contributed by atoms with E-state index in [1.54, 1.807) is 6.20 Å². The van der Waals surface area contributed by atoms with E-state index >= 15 is 0 Å². The highest BCUT2D eigenvalue weighted by atomic mass is 16.1. The third-order valence-electron chi connectivity index (χ3n) is 2.08. The lowest BCUT2D eigenvalue weighted by Crippen LogP contribution is -2.30. The average Bonchev–Trinajstić information content (AvgIpc) is 2.34. The topological polar surface area (TPSA) is 70.2 Å². The van der Waals surface area contributed by atoms with Crippen molar-refractivity contribution in [2.75, 3.05) is 37.4 Å². The molecule has 0 aliphatic heterocycles. The van der Waals surface area contributed by atoms with E-state index in [0.29, 0.717) is 12.5 Å². The number of anilines is 2. The minimum Gasteiger partial charge on any atom is -0.363 e. The fourth-order valence-electron chi connectivity index (χ4n) is 1.17. The highest BCUT2D eigenvalue weighted by Gasteiger charge is 2.03. The first-order valence-electron chi connectivity index (χ1n) is 5.64. The molecule has 1 aromatic heterocycles. The molecule has 2 N–H and O–H groups in total. The molecule has 1 aromatic rings. The number of amides is 1. The Kier molecular flexibility index (Phi) is 5.19. The highest BCUT2D eigenvalue weighted by Crippen LogP contribution is 2.07. The van der Waals surface area contributed by atoms with Gasteiger partial charge >= 0.3 is 0 Å². The SMILES string of the molecule is CCCNC(=O)CNc1nccc(N(C)C)n1. The molecule has 0 aliphatic carbocycles. The predicted octanol–water partition coefficient (Wildman–Crippen LogP) is 0.481. The number of nitrogens with zero attached hydrogens (tertiary/aromatic N) is 3. The molecule has 0 bridgehead atoms. The Hall–Kier alpha value is -1.85. The fraction of sp³-hybridized carbons (Fsp3) is 0.545. The largest absolute Gasteiger partial charge is 0.363 e. The van der Waals surface area contributed by atoms with Gasteiger partial charge in [-0.3, -0.25) is 4.79 Å². The van der Waals surface area contributed by atoms with Crippen LogP contribution in [0.5, 0.6) is 0 Å². The van der Waals surface area contributed by atoms with Gasteiger partial charge in [0.15, 0.2) is 0 Å². The Morgan fingerprint density at radius 3 is 2.88 bits per heavy atom. The van der Waals surface area contributed by atoms with E-state index in [1.807, 2.05) is 32.0 Å². The molecule has 0 aromatic carbocycles. The first-order valence-corrected chi connectivity index (χ1v) is 5.64. The first-order chi connectivity index (χ1) is 8.13. The summed E-state index contributed by atoms with van der Waals surface area (Å²) in [5.74, 6) is 1.21. The standard InChI is InChI=1S/C11H19N5O/c1-4-6-12-10(17)8-14-11-13-7-5-9(15-11)16(2)3/h5,7H,4,6,8H2,1-3H3,(H,12,17)(H,13,14,15). The molecule has 0 fully saturated rings. The molecule has 94 valence electrons. The van der Waals surface area contributed by atoms with E-state index in [9.17, 15) is 4.79 Å². The zero-order valence-corrected chi connectivity index (χ0v) is 10.5. The monoisotopic (exact) mass is 237 g/mol. The summed E-state index contributed by atoms with van der Waals surface area (Å²) in [6.07, 6.45) is 2.59. The molecule has 0 spiro atoms. The van der Waals surface area contributed by atoms with Gasteiger partial charge in [0, 0.05) is 26.8 Å². The molecule has 1 heterocycles. The molecule has 6 heteroatoms. The second kappa shape index (κ2) is 6.67. The molecule has 0 radical (unpaired) electrons. The number of nitrogens with one attached hydrogen (secondary N) is 2. The maximum absolute atomic E-state index is 11.4. The van der Waals surface area contributed by atoms with Crippen LogP contribution in [0.25, 0.3) is 0 Å². The zero-order valence-electron chi connectivity index (χ0n) is 10.5. The number of carbonyl (C=O) groups excluding carboxylic acids is 1. The summed E-state index contributed by atoms with van der Waals surface area (Å²) < 4.78 is 0. The third kappa shape index (κ3) is 4.67. The minimum atomic E-state index is -0.0503. The Morgan fingerprint density at radius 1 is 1.47 bits per heavy atom. The van der Waals surface area contributed by atoms with Gasteiger partial charge in [0.05, 0.1) is 6.54 Å². The van der Waals surface area contributed by atoms with Gasteiger partial charge in [0.1, 0.15) is 5.82 Å². The van der Waals surface area contributed by atoms with Gasteiger partial charge in [0.25, 0.3) is 0 Å². The molecule has 0 saturated heterocycles. The predicted molar refractivity (Wildman–Crippen MR) is 68.1 cm³/mol. The van der Waals surface area contributed by atoms with Crippen LogP contribution in [0.15, 0.2) is 12.3 Å². The van der Waals surface area contributed by atoms with Crippen LogP contribution in [0.4, 0.5) is 11.8 Å². The first kappa shape index (κ1) is 13.2. The van der Waals surface area contributed by atoms with Crippen molar-refractivity contribution in [3.63, 3.8) is 0 Å². The van der Waals surface area contributed by atoms with Gasteiger partial charge < -0.3 is 15.5 Å². The summed E-state index contributed by atoms with van der Waals surface area (Å²) in [4.78, 5) is 21.5. The van der Waals surface area contributed by atoms with Crippen LogP contribution < -0.4 is 15.5 Å². The maximum Gasteiger partial charge on any atom is 0.239 e. The fourth-order valence-corrected chi connectivity index (χ4v) is 1.17. The van der Waals surface area contributed by atoms with Crippen LogP contribution in [-0.2, 0) is 4.79 Å². The quantitative estimate of drug-likeness (QED) is 0.753. The van der Waals surface area contributed by atoms with Crippen molar-refractivity contribution >= 4 is 17.7 Å². The van der Waals surface area contributed by atoms with E-state index in [1.165, 1.54) is 0 Å². The summed E-state index contributed by atoms with van der Waals surface area (Å²) >= 11 is 0. The van der Waals surface area contributed by atoms with Gasteiger partial charge in [-0.15, -0.1) is 0 Å². The van der Waals surface area contributed by atoms with Crippen molar-refractivity contribution in [1.29, 1.82) is 0 Å². The molecule has 6 nitrogen and oxygen atoms in total. The molecule has 1 amide bonds. The molecular weight excluding hydrogens is 218 g/mol. The molecule has 0 unspecified atom stereocenters. The Balaban J connectivity index is 2.46. The Morgan fingerprint density at radius 2 is 2.24 bits per heavy atom. The summed E-state index contributed by atoms with van der Waals surface area (Å²) in [6.45, 7) is 2.90. The number of carbonyl (C=O) groups is 1. The van der Waals surface area contributed by atoms with Crippen molar-refractivity contribution in [3.8, 4) is 0 Å². The van der Waals surface area contributed by atoms with Crippen molar-refractivity contribution in [3.05, 3.63) is 12.3 Å². The van der Waals surface area contributed by atoms with Crippen LogP contribution in [0.1, 0.15) is 13.3 Å². The summed E-state index contributed by atoms with van der Waals surface area (Å²) in [6, 6.07) is 1.81. The van der Waals surface area contributed by atoms with Crippen LogP contribution in [0.3, 0.4) is 0 Å². The molecule has 17 heavy (non-hydrogen) atoms. The van der Waals surface area contributed by atoms with E-state index < -0.39 is 0 Å². The minimum absolute atomic E-state index is 0.0503. The molecule has 1 rings (SSSR count). The van der Waals surface area contributed by atoms with Crippen molar-refractivity contribution < 1.29 is 4.79 Å². The molecule has 0 atom stereocenters. The number of rotatable bonds is 6. The average molecular weight is 237 g/mol. The lowest BCUT2D eigenvalue weighted by atomic mass is 10.4. The van der Waals surface area contributed by atoms with Gasteiger partial charge in [-0.25, -0.2) is 4.98 Å². The second-order valence-electron chi connectivity index (χ2n) is 3.84. The molecular formula is C11H19N5O. The molecule has 0 saturated carbocycles. The number of hydrogen-bond acceptors (Lipinski definition) is 5. The van der Waals surface area contributed by atoms with Gasteiger partial charge in [-0.2, -0.15) is 4.98 Å². The second-order valence-corrected chi connectivity index (χ2v) is 3.84. The van der Waals surface area contributed by atoms with Gasteiger partial charge in [-0.1, -0.05) is 6.92 Å². The van der Waals surface area contributed by atoms with Crippen LogP contribution >= 0.6 is 0 Å². The molecule has 0 aliphatic rings. The normalized spacial score (nSPS) is 9.82. The van der Waals surface area contributed by atoms with Crippen LogP contribution in [-0.4, -0.2) is 43.1 Å². The van der Waals surface area contributed by atoms with E-state index in [2.05, 4.69) is 20.6 Å².